The fourth-order valence-electron chi connectivity index (χ4n) is 6.59. The van der Waals surface area contributed by atoms with E-state index < -0.39 is 0 Å². The molecule has 0 aromatic heterocycles. The van der Waals surface area contributed by atoms with Crippen LogP contribution in [0, 0.1) is 17.8 Å². The number of nitrogens with one attached hydrogen (secondary N) is 1. The van der Waals surface area contributed by atoms with Crippen LogP contribution < -0.4 is 10.2 Å². The van der Waals surface area contributed by atoms with Crippen LogP contribution in [0.3, 0.4) is 0 Å². The maximum atomic E-state index is 12.3. The van der Waals surface area contributed by atoms with Gasteiger partial charge in [0.2, 0.25) is 0 Å². The molecule has 158 valence electrons. The molecule has 1 amide bonds. The molecule has 1 unspecified atom stereocenters. The Balaban J connectivity index is 1.26. The van der Waals surface area contributed by atoms with Crippen molar-refractivity contribution in [3.63, 3.8) is 0 Å². The summed E-state index contributed by atoms with van der Waals surface area (Å²) in [6, 6.07) is 6.24. The second kappa shape index (κ2) is 8.20. The molecule has 5 fully saturated rings. The van der Waals surface area contributed by atoms with Gasteiger partial charge in [-0.2, -0.15) is 0 Å². The average molecular weight is 464 g/mol. The highest BCUT2D eigenvalue weighted by atomic mass is 79.9. The molecule has 1 N–H and O–H groups in total. The van der Waals surface area contributed by atoms with Crippen molar-refractivity contribution in [3.8, 4) is 5.75 Å². The smallest absolute Gasteiger partial charge is 0.281 e. The first-order valence-electron chi connectivity index (χ1n) is 11.1. The third kappa shape index (κ3) is 4.21. The molecule has 0 spiro atoms. The lowest BCUT2D eigenvalue weighted by molar-refractivity contribution is -0.201. The predicted octanol–water partition coefficient (Wildman–Crippen LogP) is 4.87. The molecule has 6 rings (SSSR count). The Morgan fingerprint density at radius 3 is 2.52 bits per heavy atom. The van der Waals surface area contributed by atoms with Gasteiger partial charge >= 0.3 is 0 Å². The Morgan fingerprint density at radius 2 is 1.86 bits per heavy atom. The summed E-state index contributed by atoms with van der Waals surface area (Å²) in [5.41, 5.74) is 4.00. The molecular weight excluding hydrogens is 434 g/mol. The van der Waals surface area contributed by atoms with Gasteiger partial charge in [0.05, 0.1) is 0 Å². The van der Waals surface area contributed by atoms with Crippen LogP contribution in [-0.4, -0.2) is 25.4 Å². The summed E-state index contributed by atoms with van der Waals surface area (Å²) >= 11 is 3.66. The molecule has 5 nitrogen and oxygen atoms in total. The summed E-state index contributed by atoms with van der Waals surface area (Å²) in [5.74, 6) is 3.15. The van der Waals surface area contributed by atoms with E-state index in [0.29, 0.717) is 6.61 Å². The van der Waals surface area contributed by atoms with Gasteiger partial charge in [-0.15, -0.1) is 0 Å². The van der Waals surface area contributed by atoms with Gasteiger partial charge in [0, 0.05) is 23.1 Å². The minimum absolute atomic E-state index is 0.0479. The average Bonchev–Trinajstić information content (AvgIpc) is 2.71. The lowest BCUT2D eigenvalue weighted by Gasteiger charge is -2.57. The molecule has 1 atom stereocenters. The van der Waals surface area contributed by atoms with Crippen molar-refractivity contribution < 1.29 is 19.1 Å². The van der Waals surface area contributed by atoms with E-state index in [4.69, 9.17) is 14.3 Å². The van der Waals surface area contributed by atoms with Gasteiger partial charge in [-0.25, -0.2) is 10.3 Å². The van der Waals surface area contributed by atoms with Crippen molar-refractivity contribution in [1.29, 1.82) is 0 Å². The van der Waals surface area contributed by atoms with Crippen LogP contribution in [0.5, 0.6) is 5.75 Å². The van der Waals surface area contributed by atoms with E-state index in [-0.39, 0.29) is 24.2 Å². The largest absolute Gasteiger partial charge is 0.483 e. The molecule has 1 aliphatic heterocycles. The molecule has 4 saturated carbocycles. The maximum Gasteiger partial charge on any atom is 0.281 e. The monoisotopic (exact) mass is 463 g/mol. The van der Waals surface area contributed by atoms with Crippen molar-refractivity contribution in [2.24, 2.45) is 17.8 Å². The fraction of sp³-hybridized carbons (Fsp3) is 0.696. The zero-order chi connectivity index (χ0) is 19.8. The molecule has 6 heteroatoms. The number of amides is 1. The topological polar surface area (TPSA) is 56.8 Å². The second-order valence-corrected chi connectivity index (χ2v) is 10.5. The van der Waals surface area contributed by atoms with E-state index >= 15 is 0 Å². The van der Waals surface area contributed by atoms with Crippen molar-refractivity contribution in [2.45, 2.75) is 69.5 Å². The van der Waals surface area contributed by atoms with Crippen LogP contribution in [0.2, 0.25) is 0 Å². The number of benzene rings is 1. The highest BCUT2D eigenvalue weighted by molar-refractivity contribution is 9.10. The molecule has 1 aromatic rings. The van der Waals surface area contributed by atoms with E-state index in [1.54, 1.807) is 0 Å². The summed E-state index contributed by atoms with van der Waals surface area (Å²) < 4.78 is 12.6. The van der Waals surface area contributed by atoms with E-state index in [9.17, 15) is 4.79 Å². The molecule has 5 aliphatic rings. The van der Waals surface area contributed by atoms with Crippen LogP contribution in [0.25, 0.3) is 0 Å². The molecule has 1 heterocycles. The number of hydroxylamine groups is 1. The van der Waals surface area contributed by atoms with Crippen molar-refractivity contribution in [3.05, 3.63) is 28.2 Å². The van der Waals surface area contributed by atoms with Gasteiger partial charge in [0.25, 0.3) is 5.91 Å². The molecule has 4 bridgehead atoms. The Bertz CT molecular complexity index is 726. The quantitative estimate of drug-likeness (QED) is 0.611. The lowest BCUT2D eigenvalue weighted by atomic mass is 9.48. The first-order chi connectivity index (χ1) is 14.1. The van der Waals surface area contributed by atoms with Crippen molar-refractivity contribution in [1.82, 2.24) is 5.48 Å². The number of carbonyl (C=O) groups excluding carboxylic acids is 1. The summed E-state index contributed by atoms with van der Waals surface area (Å²) in [4.78, 5) is 17.6. The van der Waals surface area contributed by atoms with Gasteiger partial charge in [-0.1, -0.05) is 15.9 Å². The van der Waals surface area contributed by atoms with Crippen LogP contribution in [0.4, 0.5) is 0 Å². The van der Waals surface area contributed by atoms with Gasteiger partial charge < -0.3 is 9.47 Å². The van der Waals surface area contributed by atoms with E-state index in [1.165, 1.54) is 44.1 Å². The molecule has 29 heavy (non-hydrogen) atoms. The van der Waals surface area contributed by atoms with E-state index in [1.807, 2.05) is 12.1 Å². The summed E-state index contributed by atoms with van der Waals surface area (Å²) in [6.07, 6.45) is 10.6. The summed E-state index contributed by atoms with van der Waals surface area (Å²) in [6.45, 7) is 0.637. The van der Waals surface area contributed by atoms with Crippen LogP contribution in [0.1, 0.15) is 63.4 Å². The van der Waals surface area contributed by atoms with E-state index in [2.05, 4.69) is 27.5 Å². The molecule has 1 saturated heterocycles. The highest BCUT2D eigenvalue weighted by Crippen LogP contribution is 2.62. The molecule has 0 radical (unpaired) electrons. The number of hydrogen-bond donors (Lipinski definition) is 1. The van der Waals surface area contributed by atoms with Gasteiger partial charge in [-0.3, -0.25) is 4.79 Å². The normalized spacial score (nSPS) is 35.5. The zero-order valence-electron chi connectivity index (χ0n) is 16.8. The number of carbonyl (C=O) groups is 1. The first-order valence-corrected chi connectivity index (χ1v) is 11.9. The third-order valence-corrected chi connectivity index (χ3v) is 7.85. The zero-order valence-corrected chi connectivity index (χ0v) is 18.4. The second-order valence-electron chi connectivity index (χ2n) is 9.57. The van der Waals surface area contributed by atoms with Crippen LogP contribution >= 0.6 is 15.9 Å². The maximum absolute atomic E-state index is 12.3. The predicted molar refractivity (Wildman–Crippen MR) is 112 cm³/mol. The van der Waals surface area contributed by atoms with Gasteiger partial charge in [0.15, 0.2) is 12.9 Å². The Labute approximate surface area is 180 Å². The third-order valence-electron chi connectivity index (χ3n) is 7.35. The van der Waals surface area contributed by atoms with Gasteiger partial charge in [-0.05, 0) is 92.7 Å². The fourth-order valence-corrected chi connectivity index (χ4v) is 6.95. The SMILES string of the molecule is O=C(COc1ccc(Br)cc1C12CC3CC(CC(C3)C1)C2)NOC1CCCCO1. The number of ether oxygens (including phenoxy) is 2. The van der Waals surface area contributed by atoms with Crippen LogP contribution in [0.15, 0.2) is 22.7 Å². The highest BCUT2D eigenvalue weighted by Gasteiger charge is 2.52. The van der Waals surface area contributed by atoms with Crippen LogP contribution in [-0.2, 0) is 19.8 Å². The Kier molecular flexibility index (Phi) is 5.61. The van der Waals surface area contributed by atoms with E-state index in [0.717, 1.165) is 47.2 Å². The number of rotatable bonds is 6. The first kappa shape index (κ1) is 19.8. The molecule has 4 aliphatic carbocycles. The van der Waals surface area contributed by atoms with Crippen molar-refractivity contribution in [2.75, 3.05) is 13.2 Å². The molecular formula is C23H30BrNO4. The van der Waals surface area contributed by atoms with Gasteiger partial charge in [0.1, 0.15) is 5.75 Å². The minimum atomic E-state index is -0.344. The number of halogens is 1. The number of hydrogen-bond acceptors (Lipinski definition) is 4. The summed E-state index contributed by atoms with van der Waals surface area (Å²) in [5, 5.41) is 0. The Hall–Kier alpha value is -1.11. The Morgan fingerprint density at radius 1 is 1.14 bits per heavy atom. The van der Waals surface area contributed by atoms with Crippen molar-refractivity contribution >= 4 is 21.8 Å². The standard InChI is InChI=1S/C23H30BrNO4/c24-18-4-5-20(28-14-21(26)25-29-22-3-1-2-6-27-22)19(10-18)23-11-15-7-16(12-23)9-17(8-15)13-23/h4-5,10,15-17,22H,1-3,6-9,11-14H2,(H,25,26). The minimum Gasteiger partial charge on any atom is -0.483 e. The summed E-state index contributed by atoms with van der Waals surface area (Å²) in [7, 11) is 0. The lowest BCUT2D eigenvalue weighted by Crippen LogP contribution is -2.48. The molecule has 1 aromatic carbocycles.